The molecular weight excluding hydrogens is 232 g/mol. The van der Waals surface area contributed by atoms with Gasteiger partial charge in [-0.25, -0.2) is 0 Å². The summed E-state index contributed by atoms with van der Waals surface area (Å²) in [6.07, 6.45) is 1.38. The van der Waals surface area contributed by atoms with Gasteiger partial charge in [0.05, 0.1) is 0 Å². The van der Waals surface area contributed by atoms with Crippen molar-refractivity contribution in [3.05, 3.63) is 0 Å². The Morgan fingerprint density at radius 1 is 1.33 bits per heavy atom. The highest BCUT2D eigenvalue weighted by Crippen LogP contribution is 2.15. The molecule has 1 aliphatic rings. The molecule has 18 heavy (non-hydrogen) atoms. The van der Waals surface area contributed by atoms with Crippen LogP contribution in [0.2, 0.25) is 0 Å². The first-order valence-corrected chi connectivity index (χ1v) is 6.60. The van der Waals surface area contributed by atoms with E-state index in [-0.39, 0.29) is 24.3 Å². The SMILES string of the molecule is CC(CC(=O)O)CC(=O)N1CCCN(C)CC1C. The molecule has 0 spiro atoms. The maximum atomic E-state index is 12.2. The number of carbonyl (C=O) groups excluding carboxylic acids is 1. The Labute approximate surface area is 109 Å². The van der Waals surface area contributed by atoms with E-state index >= 15 is 0 Å². The number of amides is 1. The third kappa shape index (κ3) is 4.64. The summed E-state index contributed by atoms with van der Waals surface area (Å²) in [4.78, 5) is 26.9. The van der Waals surface area contributed by atoms with Gasteiger partial charge < -0.3 is 14.9 Å². The van der Waals surface area contributed by atoms with Crippen LogP contribution in [0.3, 0.4) is 0 Å². The smallest absolute Gasteiger partial charge is 0.303 e. The van der Waals surface area contributed by atoms with Crippen molar-refractivity contribution in [2.24, 2.45) is 5.92 Å². The Morgan fingerprint density at radius 2 is 2.00 bits per heavy atom. The van der Waals surface area contributed by atoms with Gasteiger partial charge in [0.2, 0.25) is 5.91 Å². The molecule has 2 unspecified atom stereocenters. The number of hydrogen-bond donors (Lipinski definition) is 1. The van der Waals surface area contributed by atoms with Crippen LogP contribution < -0.4 is 0 Å². The van der Waals surface area contributed by atoms with E-state index in [9.17, 15) is 9.59 Å². The summed E-state index contributed by atoms with van der Waals surface area (Å²) in [6.45, 7) is 6.56. The van der Waals surface area contributed by atoms with E-state index in [2.05, 4.69) is 18.9 Å². The Bertz CT molecular complexity index is 307. The molecule has 2 atom stereocenters. The number of carboxylic acids is 1. The van der Waals surface area contributed by atoms with E-state index in [1.165, 1.54) is 0 Å². The van der Waals surface area contributed by atoms with Gasteiger partial charge in [0.25, 0.3) is 0 Å². The summed E-state index contributed by atoms with van der Waals surface area (Å²) in [5.74, 6) is -0.839. The lowest BCUT2D eigenvalue weighted by Crippen LogP contribution is -2.42. The first-order valence-electron chi connectivity index (χ1n) is 6.60. The lowest BCUT2D eigenvalue weighted by molar-refractivity contribution is -0.139. The Hall–Kier alpha value is -1.10. The molecule has 0 bridgehead atoms. The van der Waals surface area contributed by atoms with Crippen molar-refractivity contribution in [2.75, 3.05) is 26.7 Å². The van der Waals surface area contributed by atoms with E-state index in [1.54, 1.807) is 0 Å². The number of aliphatic carboxylic acids is 1. The minimum atomic E-state index is -0.834. The van der Waals surface area contributed by atoms with E-state index in [4.69, 9.17) is 5.11 Å². The van der Waals surface area contributed by atoms with Crippen LogP contribution in [-0.4, -0.2) is 59.5 Å². The first-order chi connectivity index (χ1) is 8.40. The number of rotatable bonds is 4. The number of carboxylic acid groups (broad SMARTS) is 1. The number of nitrogens with zero attached hydrogens (tertiary/aromatic N) is 2. The molecule has 0 aromatic heterocycles. The fraction of sp³-hybridized carbons (Fsp3) is 0.846. The molecule has 0 aromatic rings. The number of carbonyl (C=O) groups is 2. The average molecular weight is 256 g/mol. The molecule has 5 heteroatoms. The van der Waals surface area contributed by atoms with Gasteiger partial charge >= 0.3 is 5.97 Å². The van der Waals surface area contributed by atoms with E-state index in [0.717, 1.165) is 26.1 Å². The minimum absolute atomic E-state index is 0.0634. The third-order valence-corrected chi connectivity index (χ3v) is 3.41. The fourth-order valence-electron chi connectivity index (χ4n) is 2.53. The maximum absolute atomic E-state index is 12.2. The van der Waals surface area contributed by atoms with Crippen LogP contribution in [0.1, 0.15) is 33.1 Å². The van der Waals surface area contributed by atoms with Crippen molar-refractivity contribution >= 4 is 11.9 Å². The van der Waals surface area contributed by atoms with Gasteiger partial charge in [0.1, 0.15) is 0 Å². The van der Waals surface area contributed by atoms with Gasteiger partial charge in [-0.3, -0.25) is 9.59 Å². The first kappa shape index (κ1) is 15.0. The number of hydrogen-bond acceptors (Lipinski definition) is 3. The van der Waals surface area contributed by atoms with Crippen LogP contribution >= 0.6 is 0 Å². The van der Waals surface area contributed by atoms with Crippen LogP contribution in [0.5, 0.6) is 0 Å². The van der Waals surface area contributed by atoms with Gasteiger partial charge in [-0.05, 0) is 32.9 Å². The van der Waals surface area contributed by atoms with Crippen molar-refractivity contribution in [1.29, 1.82) is 0 Å². The summed E-state index contributed by atoms with van der Waals surface area (Å²) in [5.41, 5.74) is 0. The topological polar surface area (TPSA) is 60.9 Å². The monoisotopic (exact) mass is 256 g/mol. The summed E-state index contributed by atoms with van der Waals surface area (Å²) >= 11 is 0. The molecule has 1 amide bonds. The predicted octanol–water partition coefficient (Wildman–Crippen LogP) is 1.04. The van der Waals surface area contributed by atoms with Crippen molar-refractivity contribution in [2.45, 2.75) is 39.2 Å². The quantitative estimate of drug-likeness (QED) is 0.816. The Kier molecular flexibility index (Phi) is 5.59. The third-order valence-electron chi connectivity index (χ3n) is 3.41. The Balaban J connectivity index is 2.51. The molecule has 1 N–H and O–H groups in total. The average Bonchev–Trinajstić information content (AvgIpc) is 2.37. The highest BCUT2D eigenvalue weighted by molar-refractivity contribution is 5.77. The van der Waals surface area contributed by atoms with Gasteiger partial charge in [0.15, 0.2) is 0 Å². The minimum Gasteiger partial charge on any atom is -0.481 e. The molecule has 0 saturated carbocycles. The molecule has 1 heterocycles. The molecule has 104 valence electrons. The van der Waals surface area contributed by atoms with E-state index < -0.39 is 5.97 Å². The zero-order chi connectivity index (χ0) is 13.7. The summed E-state index contributed by atoms with van der Waals surface area (Å²) in [5, 5.41) is 8.71. The Morgan fingerprint density at radius 3 is 2.61 bits per heavy atom. The second-order valence-electron chi connectivity index (χ2n) is 5.46. The molecule has 1 rings (SSSR count). The van der Waals surface area contributed by atoms with Crippen LogP contribution in [0.25, 0.3) is 0 Å². The molecule has 1 fully saturated rings. The summed E-state index contributed by atoms with van der Waals surface area (Å²) < 4.78 is 0. The van der Waals surface area contributed by atoms with Crippen LogP contribution in [-0.2, 0) is 9.59 Å². The molecule has 0 aromatic carbocycles. The van der Waals surface area contributed by atoms with Crippen molar-refractivity contribution in [3.8, 4) is 0 Å². The molecule has 1 aliphatic heterocycles. The fourth-order valence-corrected chi connectivity index (χ4v) is 2.53. The molecule has 0 radical (unpaired) electrons. The second kappa shape index (κ2) is 6.73. The normalized spacial score (nSPS) is 23.5. The highest BCUT2D eigenvalue weighted by Gasteiger charge is 2.25. The zero-order valence-corrected chi connectivity index (χ0v) is 11.6. The van der Waals surface area contributed by atoms with E-state index in [0.29, 0.717) is 6.42 Å². The second-order valence-corrected chi connectivity index (χ2v) is 5.46. The standard InChI is InChI=1S/C13H24N2O3/c1-10(8-13(17)18)7-12(16)15-6-4-5-14(3)9-11(15)2/h10-11H,4-9H2,1-3H3,(H,17,18). The maximum Gasteiger partial charge on any atom is 0.303 e. The van der Waals surface area contributed by atoms with Crippen LogP contribution in [0, 0.1) is 5.92 Å². The molecule has 0 aliphatic carbocycles. The lowest BCUT2D eigenvalue weighted by atomic mass is 10.0. The number of likely N-dealkylation sites (N-methyl/N-ethyl adjacent to an activating group) is 1. The van der Waals surface area contributed by atoms with Gasteiger partial charge in [-0.15, -0.1) is 0 Å². The van der Waals surface area contributed by atoms with E-state index in [1.807, 2.05) is 11.8 Å². The molecule has 5 nitrogen and oxygen atoms in total. The van der Waals surface area contributed by atoms with Crippen LogP contribution in [0.4, 0.5) is 0 Å². The van der Waals surface area contributed by atoms with Gasteiger partial charge in [-0.2, -0.15) is 0 Å². The van der Waals surface area contributed by atoms with Gasteiger partial charge in [-0.1, -0.05) is 6.92 Å². The largest absolute Gasteiger partial charge is 0.481 e. The van der Waals surface area contributed by atoms with Crippen molar-refractivity contribution < 1.29 is 14.7 Å². The van der Waals surface area contributed by atoms with Crippen molar-refractivity contribution in [3.63, 3.8) is 0 Å². The van der Waals surface area contributed by atoms with Crippen LogP contribution in [0.15, 0.2) is 0 Å². The summed E-state index contributed by atoms with van der Waals surface area (Å²) in [6, 6.07) is 0.210. The molecule has 1 saturated heterocycles. The zero-order valence-electron chi connectivity index (χ0n) is 11.6. The summed E-state index contributed by atoms with van der Waals surface area (Å²) in [7, 11) is 2.07. The van der Waals surface area contributed by atoms with Gasteiger partial charge in [0, 0.05) is 32.0 Å². The van der Waals surface area contributed by atoms with Crippen molar-refractivity contribution in [1.82, 2.24) is 9.80 Å². The highest BCUT2D eigenvalue weighted by atomic mass is 16.4. The predicted molar refractivity (Wildman–Crippen MR) is 69.3 cm³/mol. The lowest BCUT2D eigenvalue weighted by Gasteiger charge is -2.29. The molecular formula is C13H24N2O3.